The Morgan fingerprint density at radius 3 is 2.53 bits per heavy atom. The standard InChI is InChI=1S/C23H25ClN2O6/c1-5-32-21(29)19(27)23(25-17-11-10-14(24)12-15(17)20(28)31-4)16-8-6-7-9-18(16)26(13(2)3)22(23)30/h6-13,19,25,27H,5H2,1-4H3. The number of para-hydroxylation sites is 1. The highest BCUT2D eigenvalue weighted by atomic mass is 35.5. The van der Waals surface area contributed by atoms with Crippen molar-refractivity contribution < 1.29 is 29.0 Å². The second-order valence-corrected chi connectivity index (χ2v) is 7.99. The third-order valence-electron chi connectivity index (χ3n) is 5.30. The van der Waals surface area contributed by atoms with E-state index >= 15 is 0 Å². The molecule has 0 radical (unpaired) electrons. The number of methoxy groups -OCH3 is 1. The van der Waals surface area contributed by atoms with E-state index in [1.54, 1.807) is 31.2 Å². The van der Waals surface area contributed by atoms with Crippen molar-refractivity contribution in [3.8, 4) is 0 Å². The van der Waals surface area contributed by atoms with Crippen molar-refractivity contribution in [1.29, 1.82) is 0 Å². The highest BCUT2D eigenvalue weighted by Crippen LogP contribution is 2.46. The van der Waals surface area contributed by atoms with E-state index in [2.05, 4.69) is 5.32 Å². The van der Waals surface area contributed by atoms with Crippen LogP contribution in [0.2, 0.25) is 5.02 Å². The number of hydrogen-bond donors (Lipinski definition) is 2. The number of esters is 2. The van der Waals surface area contributed by atoms with Gasteiger partial charge in [-0.05, 0) is 45.0 Å². The Hall–Kier alpha value is -3.10. The lowest BCUT2D eigenvalue weighted by Crippen LogP contribution is -2.58. The minimum Gasteiger partial charge on any atom is -0.465 e. The Bertz CT molecular complexity index is 1060. The molecule has 8 nitrogen and oxygen atoms in total. The molecule has 2 N–H and O–H groups in total. The first-order valence-electron chi connectivity index (χ1n) is 10.1. The number of hydrogen-bond acceptors (Lipinski definition) is 7. The third-order valence-corrected chi connectivity index (χ3v) is 5.53. The summed E-state index contributed by atoms with van der Waals surface area (Å²) in [5.74, 6) is -2.22. The van der Waals surface area contributed by atoms with Gasteiger partial charge in [-0.1, -0.05) is 29.8 Å². The fourth-order valence-electron chi connectivity index (χ4n) is 3.91. The third kappa shape index (κ3) is 3.80. The number of carbonyl (C=O) groups is 3. The van der Waals surface area contributed by atoms with Gasteiger partial charge in [0, 0.05) is 22.3 Å². The molecule has 0 bridgehead atoms. The predicted molar refractivity (Wildman–Crippen MR) is 120 cm³/mol. The maximum absolute atomic E-state index is 13.9. The normalized spacial score (nSPS) is 18.3. The van der Waals surface area contributed by atoms with Crippen LogP contribution in [0.1, 0.15) is 36.7 Å². The largest absolute Gasteiger partial charge is 0.465 e. The van der Waals surface area contributed by atoms with Crippen LogP contribution in [-0.2, 0) is 24.6 Å². The zero-order valence-electron chi connectivity index (χ0n) is 18.2. The maximum atomic E-state index is 13.9. The van der Waals surface area contributed by atoms with Crippen molar-refractivity contribution in [3.63, 3.8) is 0 Å². The van der Waals surface area contributed by atoms with Crippen LogP contribution in [0.4, 0.5) is 11.4 Å². The zero-order chi connectivity index (χ0) is 23.6. The molecule has 1 aliphatic rings. The van der Waals surface area contributed by atoms with Gasteiger partial charge in [-0.2, -0.15) is 0 Å². The van der Waals surface area contributed by atoms with E-state index < -0.39 is 29.5 Å². The van der Waals surface area contributed by atoms with E-state index in [9.17, 15) is 19.5 Å². The Kier molecular flexibility index (Phi) is 6.76. The molecule has 0 aliphatic carbocycles. The second-order valence-electron chi connectivity index (χ2n) is 7.56. The van der Waals surface area contributed by atoms with Crippen LogP contribution in [0.5, 0.6) is 0 Å². The smallest absolute Gasteiger partial charge is 0.340 e. The molecule has 2 aromatic carbocycles. The van der Waals surface area contributed by atoms with Crippen molar-refractivity contribution in [3.05, 3.63) is 58.6 Å². The van der Waals surface area contributed by atoms with Crippen LogP contribution in [0.3, 0.4) is 0 Å². The Morgan fingerprint density at radius 1 is 1.22 bits per heavy atom. The SMILES string of the molecule is CCOC(=O)C(O)C1(Nc2ccc(Cl)cc2C(=O)OC)C(=O)N(C(C)C)c2ccccc21. The van der Waals surface area contributed by atoms with E-state index in [4.69, 9.17) is 21.1 Å². The molecule has 170 valence electrons. The lowest BCUT2D eigenvalue weighted by Gasteiger charge is -2.35. The molecule has 9 heteroatoms. The number of carbonyl (C=O) groups excluding carboxylic acids is 3. The van der Waals surface area contributed by atoms with Crippen LogP contribution in [0, 0.1) is 0 Å². The van der Waals surface area contributed by atoms with Crippen molar-refractivity contribution in [2.45, 2.75) is 38.5 Å². The van der Waals surface area contributed by atoms with Crippen LogP contribution >= 0.6 is 11.6 Å². The van der Waals surface area contributed by atoms with Gasteiger partial charge < -0.3 is 24.8 Å². The lowest BCUT2D eigenvalue weighted by atomic mass is 9.84. The number of nitrogens with one attached hydrogen (secondary N) is 1. The number of amides is 1. The average Bonchev–Trinajstić information content (AvgIpc) is 3.02. The van der Waals surface area contributed by atoms with Gasteiger partial charge in [0.25, 0.3) is 5.91 Å². The van der Waals surface area contributed by atoms with Gasteiger partial charge >= 0.3 is 11.9 Å². The quantitative estimate of drug-likeness (QED) is 0.611. The Labute approximate surface area is 191 Å². The number of benzene rings is 2. The fourth-order valence-corrected chi connectivity index (χ4v) is 4.08. The molecule has 1 amide bonds. The molecule has 3 rings (SSSR count). The highest BCUT2D eigenvalue weighted by molar-refractivity contribution is 6.31. The van der Waals surface area contributed by atoms with Crippen LogP contribution in [0.15, 0.2) is 42.5 Å². The van der Waals surface area contributed by atoms with E-state index in [0.29, 0.717) is 11.3 Å². The van der Waals surface area contributed by atoms with Gasteiger partial charge in [-0.15, -0.1) is 0 Å². The van der Waals surface area contributed by atoms with Gasteiger partial charge in [0.05, 0.1) is 25.0 Å². The highest BCUT2D eigenvalue weighted by Gasteiger charge is 2.59. The van der Waals surface area contributed by atoms with Crippen molar-refractivity contribution >= 4 is 40.8 Å². The number of ether oxygens (including phenoxy) is 2. The number of aliphatic hydroxyl groups excluding tert-OH is 1. The fraction of sp³-hybridized carbons (Fsp3) is 0.348. The summed E-state index contributed by atoms with van der Waals surface area (Å²) >= 11 is 6.06. The summed E-state index contributed by atoms with van der Waals surface area (Å²) in [6, 6.07) is 11.0. The van der Waals surface area contributed by atoms with E-state index in [0.717, 1.165) is 0 Å². The summed E-state index contributed by atoms with van der Waals surface area (Å²) in [5.41, 5.74) is -0.812. The van der Waals surface area contributed by atoms with E-state index in [1.807, 2.05) is 13.8 Å². The summed E-state index contributed by atoms with van der Waals surface area (Å²) in [6.07, 6.45) is -1.90. The minimum atomic E-state index is -1.94. The summed E-state index contributed by atoms with van der Waals surface area (Å²) in [7, 11) is 1.22. The summed E-state index contributed by atoms with van der Waals surface area (Å²) in [6.45, 7) is 5.27. The molecule has 0 saturated heterocycles. The molecule has 2 aromatic rings. The monoisotopic (exact) mass is 460 g/mol. The summed E-state index contributed by atoms with van der Waals surface area (Å²) < 4.78 is 9.89. The summed E-state index contributed by atoms with van der Waals surface area (Å²) in [4.78, 5) is 40.4. The minimum absolute atomic E-state index is 0.0179. The first-order valence-corrected chi connectivity index (χ1v) is 10.5. The number of fused-ring (bicyclic) bond motifs is 1. The topological polar surface area (TPSA) is 105 Å². The molecule has 1 heterocycles. The van der Waals surface area contributed by atoms with Gasteiger partial charge in [-0.3, -0.25) is 4.79 Å². The van der Waals surface area contributed by atoms with Crippen LogP contribution in [0.25, 0.3) is 0 Å². The predicted octanol–water partition coefficient (Wildman–Crippen LogP) is 3.11. The molecular weight excluding hydrogens is 436 g/mol. The Balaban J connectivity index is 2.27. The maximum Gasteiger partial charge on any atom is 0.340 e. The van der Waals surface area contributed by atoms with Gasteiger partial charge in [0.15, 0.2) is 11.6 Å². The molecule has 0 fully saturated rings. The lowest BCUT2D eigenvalue weighted by molar-refractivity contribution is -0.159. The van der Waals surface area contributed by atoms with Crippen LogP contribution in [-0.4, -0.2) is 48.8 Å². The molecule has 0 saturated carbocycles. The number of anilines is 2. The van der Waals surface area contributed by atoms with Crippen LogP contribution < -0.4 is 10.2 Å². The van der Waals surface area contributed by atoms with Crippen molar-refractivity contribution in [2.24, 2.45) is 0 Å². The first-order chi connectivity index (χ1) is 15.2. The number of aliphatic hydroxyl groups is 1. The number of rotatable bonds is 7. The second kappa shape index (κ2) is 9.18. The van der Waals surface area contributed by atoms with Crippen molar-refractivity contribution in [2.75, 3.05) is 23.9 Å². The number of nitrogens with zero attached hydrogens (tertiary/aromatic N) is 1. The molecule has 1 aliphatic heterocycles. The molecule has 2 unspecified atom stereocenters. The molecule has 32 heavy (non-hydrogen) atoms. The van der Waals surface area contributed by atoms with E-state index in [1.165, 1.54) is 30.2 Å². The zero-order valence-corrected chi connectivity index (χ0v) is 19.0. The van der Waals surface area contributed by atoms with E-state index in [-0.39, 0.29) is 28.9 Å². The molecule has 2 atom stereocenters. The number of halogens is 1. The van der Waals surface area contributed by atoms with Gasteiger partial charge in [-0.25, -0.2) is 9.59 Å². The Morgan fingerprint density at radius 2 is 1.91 bits per heavy atom. The summed E-state index contributed by atoms with van der Waals surface area (Å²) in [5, 5.41) is 14.5. The van der Waals surface area contributed by atoms with Gasteiger partial charge in [0.1, 0.15) is 0 Å². The first kappa shape index (κ1) is 23.6. The molecular formula is C23H25ClN2O6. The molecule has 0 spiro atoms. The molecule has 0 aromatic heterocycles. The average molecular weight is 461 g/mol. The van der Waals surface area contributed by atoms with Crippen molar-refractivity contribution in [1.82, 2.24) is 0 Å². The van der Waals surface area contributed by atoms with Gasteiger partial charge in [0.2, 0.25) is 0 Å².